The summed E-state index contributed by atoms with van der Waals surface area (Å²) < 4.78 is 30.7. The van der Waals surface area contributed by atoms with Crippen LogP contribution in [0.3, 0.4) is 0 Å². The lowest BCUT2D eigenvalue weighted by Gasteiger charge is -2.21. The molecule has 0 atom stereocenters. The summed E-state index contributed by atoms with van der Waals surface area (Å²) in [7, 11) is -2.36. The van der Waals surface area contributed by atoms with Crippen molar-refractivity contribution in [3.63, 3.8) is 0 Å². The number of hydrogen-bond acceptors (Lipinski definition) is 5. The number of phenolic OH excluding ortho intramolecular Hbond substituents is 1. The second-order valence-electron chi connectivity index (χ2n) is 3.77. The summed E-state index contributed by atoms with van der Waals surface area (Å²) in [6, 6.07) is 7.62. The van der Waals surface area contributed by atoms with Crippen molar-refractivity contribution in [2.45, 2.75) is 11.3 Å². The second-order valence-corrected chi connectivity index (χ2v) is 5.68. The van der Waals surface area contributed by atoms with Gasteiger partial charge in [0.25, 0.3) is 0 Å². The number of ether oxygens (including phenoxy) is 1. The van der Waals surface area contributed by atoms with E-state index in [4.69, 9.17) is 10.00 Å². The van der Waals surface area contributed by atoms with Crippen molar-refractivity contribution in [3.05, 3.63) is 24.3 Å². The van der Waals surface area contributed by atoms with Gasteiger partial charge in [-0.3, -0.25) is 0 Å². The Morgan fingerprint density at radius 1 is 1.37 bits per heavy atom. The normalized spacial score (nSPS) is 11.4. The van der Waals surface area contributed by atoms with Crippen LogP contribution in [-0.2, 0) is 14.8 Å². The third kappa shape index (κ3) is 3.92. The Morgan fingerprint density at radius 2 is 2.05 bits per heavy atom. The summed E-state index contributed by atoms with van der Waals surface area (Å²) in [5, 5.41) is 18.2. The van der Waals surface area contributed by atoms with Gasteiger partial charge >= 0.3 is 0 Å². The third-order valence-electron chi connectivity index (χ3n) is 2.50. The average Bonchev–Trinajstić information content (AvgIpc) is 2.39. The molecule has 0 unspecified atom stereocenters. The maximum atomic E-state index is 12.4. The lowest BCUT2D eigenvalue weighted by molar-refractivity contribution is 0.179. The first kappa shape index (κ1) is 15.4. The molecule has 0 radical (unpaired) electrons. The van der Waals surface area contributed by atoms with Crippen LogP contribution in [0.2, 0.25) is 0 Å². The number of phenols is 1. The van der Waals surface area contributed by atoms with Gasteiger partial charge < -0.3 is 9.84 Å². The number of nitrogens with zero attached hydrogens (tertiary/aromatic N) is 2. The first-order chi connectivity index (χ1) is 9.04. The van der Waals surface area contributed by atoms with Crippen molar-refractivity contribution < 1.29 is 18.3 Å². The van der Waals surface area contributed by atoms with E-state index in [9.17, 15) is 13.5 Å². The van der Waals surface area contributed by atoms with Crippen LogP contribution in [0.1, 0.15) is 6.42 Å². The van der Waals surface area contributed by atoms with Crippen LogP contribution in [0, 0.1) is 11.3 Å². The molecule has 0 aromatic heterocycles. The van der Waals surface area contributed by atoms with Crippen molar-refractivity contribution in [1.29, 1.82) is 5.26 Å². The highest BCUT2D eigenvalue weighted by Gasteiger charge is 2.26. The largest absolute Gasteiger partial charge is 0.507 e. The summed E-state index contributed by atoms with van der Waals surface area (Å²) in [4.78, 5) is -0.163. The zero-order valence-corrected chi connectivity index (χ0v) is 11.4. The van der Waals surface area contributed by atoms with Crippen molar-refractivity contribution in [2.75, 3.05) is 26.8 Å². The predicted molar refractivity (Wildman–Crippen MR) is 69.0 cm³/mol. The van der Waals surface area contributed by atoms with E-state index in [1.54, 1.807) is 6.07 Å². The smallest absolute Gasteiger partial charge is 0.246 e. The fourth-order valence-corrected chi connectivity index (χ4v) is 3.04. The summed E-state index contributed by atoms with van der Waals surface area (Å²) >= 11 is 0. The summed E-state index contributed by atoms with van der Waals surface area (Å²) in [5.41, 5.74) is 0. The van der Waals surface area contributed by atoms with Crippen LogP contribution in [0.4, 0.5) is 0 Å². The number of para-hydroxylation sites is 1. The molecule has 0 amide bonds. The van der Waals surface area contributed by atoms with E-state index in [0.717, 1.165) is 4.31 Å². The SMILES string of the molecule is COCCN(CCC#N)S(=O)(=O)c1ccccc1O. The molecule has 0 fully saturated rings. The van der Waals surface area contributed by atoms with E-state index in [1.165, 1.54) is 25.3 Å². The number of methoxy groups -OCH3 is 1. The van der Waals surface area contributed by atoms with Crippen LogP contribution in [-0.4, -0.2) is 44.6 Å². The maximum absolute atomic E-state index is 12.4. The Hall–Kier alpha value is -1.62. The molecule has 0 aliphatic carbocycles. The molecular weight excluding hydrogens is 268 g/mol. The number of nitriles is 1. The molecule has 104 valence electrons. The molecule has 0 aliphatic rings. The molecule has 7 heteroatoms. The molecule has 0 heterocycles. The Kier molecular flexibility index (Phi) is 5.76. The Morgan fingerprint density at radius 3 is 2.63 bits per heavy atom. The third-order valence-corrected chi connectivity index (χ3v) is 4.45. The number of rotatable bonds is 7. The van der Waals surface area contributed by atoms with Crippen LogP contribution in [0.15, 0.2) is 29.2 Å². The van der Waals surface area contributed by atoms with Gasteiger partial charge in [0, 0.05) is 26.6 Å². The quantitative estimate of drug-likeness (QED) is 0.804. The summed E-state index contributed by atoms with van der Waals surface area (Å²) in [5.74, 6) is -0.304. The van der Waals surface area contributed by atoms with Gasteiger partial charge in [-0.05, 0) is 12.1 Å². The Bertz CT molecular complexity index is 551. The topological polar surface area (TPSA) is 90.6 Å². The molecule has 0 saturated heterocycles. The fraction of sp³-hybridized carbons (Fsp3) is 0.417. The molecule has 1 aromatic rings. The molecule has 0 bridgehead atoms. The van der Waals surface area contributed by atoms with Crippen molar-refractivity contribution >= 4 is 10.0 Å². The van der Waals surface area contributed by atoms with Gasteiger partial charge in [0.2, 0.25) is 10.0 Å². The van der Waals surface area contributed by atoms with E-state index >= 15 is 0 Å². The van der Waals surface area contributed by atoms with Gasteiger partial charge in [0.05, 0.1) is 12.7 Å². The standard InChI is InChI=1S/C12H16N2O4S/c1-18-10-9-14(8-4-7-13)19(16,17)12-6-3-2-5-11(12)15/h2-3,5-6,15H,4,8-10H2,1H3. The monoisotopic (exact) mass is 284 g/mol. The van der Waals surface area contributed by atoms with Crippen molar-refractivity contribution in [1.82, 2.24) is 4.31 Å². The molecule has 19 heavy (non-hydrogen) atoms. The Labute approximate surface area is 112 Å². The summed E-state index contributed by atoms with van der Waals surface area (Å²) in [6.45, 7) is 0.420. The lowest BCUT2D eigenvalue weighted by atomic mass is 10.3. The molecule has 0 saturated carbocycles. The minimum Gasteiger partial charge on any atom is -0.507 e. The number of hydrogen-bond donors (Lipinski definition) is 1. The van der Waals surface area contributed by atoms with E-state index in [0.29, 0.717) is 0 Å². The van der Waals surface area contributed by atoms with Gasteiger partial charge in [-0.25, -0.2) is 8.42 Å². The van der Waals surface area contributed by atoms with E-state index < -0.39 is 10.0 Å². The molecule has 1 aromatic carbocycles. The molecule has 1 N–H and O–H groups in total. The van der Waals surface area contributed by atoms with Crippen molar-refractivity contribution in [3.8, 4) is 11.8 Å². The molecule has 0 aliphatic heterocycles. The Balaban J connectivity index is 3.05. The highest BCUT2D eigenvalue weighted by atomic mass is 32.2. The van der Waals surface area contributed by atoms with Gasteiger partial charge in [-0.1, -0.05) is 12.1 Å². The lowest BCUT2D eigenvalue weighted by Crippen LogP contribution is -2.34. The predicted octanol–water partition coefficient (Wildman–Crippen LogP) is 0.943. The van der Waals surface area contributed by atoms with E-state index in [-0.39, 0.29) is 36.8 Å². The van der Waals surface area contributed by atoms with E-state index in [1.807, 2.05) is 6.07 Å². The zero-order chi connectivity index (χ0) is 14.3. The first-order valence-corrected chi connectivity index (χ1v) is 7.12. The molecular formula is C12H16N2O4S. The first-order valence-electron chi connectivity index (χ1n) is 5.68. The maximum Gasteiger partial charge on any atom is 0.246 e. The minimum absolute atomic E-state index is 0.0660. The fourth-order valence-electron chi connectivity index (χ4n) is 1.53. The van der Waals surface area contributed by atoms with Crippen LogP contribution in [0.5, 0.6) is 5.75 Å². The number of aromatic hydroxyl groups is 1. The zero-order valence-electron chi connectivity index (χ0n) is 10.6. The van der Waals surface area contributed by atoms with Crippen molar-refractivity contribution in [2.24, 2.45) is 0 Å². The van der Waals surface area contributed by atoms with E-state index in [2.05, 4.69) is 0 Å². The second kappa shape index (κ2) is 7.09. The van der Waals surface area contributed by atoms with Crippen LogP contribution >= 0.6 is 0 Å². The molecule has 0 spiro atoms. The number of benzene rings is 1. The van der Waals surface area contributed by atoms with Gasteiger partial charge in [-0.15, -0.1) is 0 Å². The molecule has 6 nitrogen and oxygen atoms in total. The van der Waals surface area contributed by atoms with Crippen LogP contribution in [0.25, 0.3) is 0 Å². The highest BCUT2D eigenvalue weighted by molar-refractivity contribution is 7.89. The van der Waals surface area contributed by atoms with Gasteiger partial charge in [-0.2, -0.15) is 9.57 Å². The molecule has 1 rings (SSSR count). The van der Waals surface area contributed by atoms with Gasteiger partial charge in [0.1, 0.15) is 10.6 Å². The minimum atomic E-state index is -3.82. The highest BCUT2D eigenvalue weighted by Crippen LogP contribution is 2.25. The summed E-state index contributed by atoms with van der Waals surface area (Å²) in [6.07, 6.45) is 0.0799. The van der Waals surface area contributed by atoms with Gasteiger partial charge in [0.15, 0.2) is 0 Å². The van der Waals surface area contributed by atoms with Crippen LogP contribution < -0.4 is 0 Å². The average molecular weight is 284 g/mol. The number of sulfonamides is 1.